The smallest absolute Gasteiger partial charge is 0.306 e. The maximum atomic E-state index is 13.4. The van der Waals surface area contributed by atoms with E-state index in [1.807, 2.05) is 6.08 Å². The van der Waals surface area contributed by atoms with E-state index >= 15 is 0 Å². The van der Waals surface area contributed by atoms with Crippen molar-refractivity contribution in [1.29, 1.82) is 0 Å². The first-order valence-corrected chi connectivity index (χ1v) is 30.5. The Labute approximate surface area is 463 Å². The van der Waals surface area contributed by atoms with E-state index in [-0.39, 0.29) is 19.4 Å². The SMILES string of the molecule is CC/C=C\C/C=C\C/C=C\C/C=C\C/C=C\C/C=C\CCCCC(=O)OC1C(OCC(NC(=O)C(O)CCCC/C=C\CCCCCCCCC)C(O)/C=C/CCCCCCCCCCCCC)OC(CO)C(O)C1O. The van der Waals surface area contributed by atoms with Crippen LogP contribution < -0.4 is 5.32 Å². The van der Waals surface area contributed by atoms with Crippen LogP contribution in [-0.2, 0) is 23.8 Å². The Balaban J connectivity index is 2.74. The van der Waals surface area contributed by atoms with E-state index < -0.39 is 67.4 Å². The first kappa shape index (κ1) is 70.6. The van der Waals surface area contributed by atoms with Crippen LogP contribution >= 0.6 is 0 Å². The zero-order chi connectivity index (χ0) is 55.4. The fourth-order valence-electron chi connectivity index (χ4n) is 8.88. The summed E-state index contributed by atoms with van der Waals surface area (Å²) in [7, 11) is 0. The van der Waals surface area contributed by atoms with E-state index in [0.717, 1.165) is 96.3 Å². The molecule has 436 valence electrons. The van der Waals surface area contributed by atoms with Crippen LogP contribution in [-0.4, -0.2) is 99.6 Å². The van der Waals surface area contributed by atoms with Crippen molar-refractivity contribution in [1.82, 2.24) is 5.32 Å². The zero-order valence-corrected chi connectivity index (χ0v) is 48.1. The minimum atomic E-state index is -1.64. The van der Waals surface area contributed by atoms with Gasteiger partial charge in [0.2, 0.25) is 5.91 Å². The molecule has 1 fully saturated rings. The monoisotopic (exact) mass is 1070 g/mol. The lowest BCUT2D eigenvalue weighted by Crippen LogP contribution is -2.61. The molecule has 0 aromatic carbocycles. The number of hydrogen-bond donors (Lipinski definition) is 6. The molecule has 1 aliphatic heterocycles. The number of amides is 1. The van der Waals surface area contributed by atoms with Gasteiger partial charge in [-0.05, 0) is 103 Å². The Morgan fingerprint density at radius 2 is 0.947 bits per heavy atom. The van der Waals surface area contributed by atoms with Crippen LogP contribution in [0.2, 0.25) is 0 Å². The van der Waals surface area contributed by atoms with Crippen LogP contribution in [0.1, 0.15) is 239 Å². The van der Waals surface area contributed by atoms with Crippen molar-refractivity contribution >= 4 is 11.9 Å². The molecule has 11 heteroatoms. The highest BCUT2D eigenvalue weighted by Crippen LogP contribution is 2.26. The topological polar surface area (TPSA) is 175 Å². The van der Waals surface area contributed by atoms with Crippen molar-refractivity contribution < 1.29 is 49.3 Å². The third kappa shape index (κ3) is 39.9. The number of unbranched alkanes of at least 4 members (excludes halogenated alkanes) is 22. The molecule has 0 aromatic rings. The molecule has 6 N–H and O–H groups in total. The molecule has 1 saturated heterocycles. The van der Waals surface area contributed by atoms with Crippen LogP contribution in [0.3, 0.4) is 0 Å². The first-order valence-electron chi connectivity index (χ1n) is 30.5. The highest BCUT2D eigenvalue weighted by atomic mass is 16.7. The van der Waals surface area contributed by atoms with Gasteiger partial charge in [-0.2, -0.15) is 0 Å². The predicted molar refractivity (Wildman–Crippen MR) is 315 cm³/mol. The molecule has 76 heavy (non-hydrogen) atoms. The van der Waals surface area contributed by atoms with Gasteiger partial charge in [-0.25, -0.2) is 0 Å². The van der Waals surface area contributed by atoms with Crippen LogP contribution in [0.4, 0.5) is 0 Å². The van der Waals surface area contributed by atoms with Crippen LogP contribution in [0.15, 0.2) is 97.2 Å². The maximum absolute atomic E-state index is 13.4. The van der Waals surface area contributed by atoms with E-state index in [4.69, 9.17) is 14.2 Å². The second-order valence-electron chi connectivity index (χ2n) is 20.7. The summed E-state index contributed by atoms with van der Waals surface area (Å²) in [6.07, 6.45) is 58.8. The Bertz CT molecular complexity index is 1600. The number of carbonyl (C=O) groups is 2. The van der Waals surface area contributed by atoms with Crippen molar-refractivity contribution in [3.8, 4) is 0 Å². The van der Waals surface area contributed by atoms with Crippen LogP contribution in [0.5, 0.6) is 0 Å². The van der Waals surface area contributed by atoms with Crippen molar-refractivity contribution in [3.63, 3.8) is 0 Å². The minimum absolute atomic E-state index is 0.0623. The first-order chi connectivity index (χ1) is 37.2. The molecule has 1 heterocycles. The third-order valence-electron chi connectivity index (χ3n) is 13.7. The lowest BCUT2D eigenvalue weighted by molar-refractivity contribution is -0.305. The van der Waals surface area contributed by atoms with Crippen LogP contribution in [0, 0.1) is 0 Å². The molecule has 8 unspecified atom stereocenters. The Morgan fingerprint density at radius 1 is 0.526 bits per heavy atom. The van der Waals surface area contributed by atoms with Gasteiger partial charge in [0.25, 0.3) is 0 Å². The summed E-state index contributed by atoms with van der Waals surface area (Å²) in [5.74, 6) is -1.26. The fourth-order valence-corrected chi connectivity index (χ4v) is 8.88. The standard InChI is InChI=1S/C65H111NO10/c1-4-7-10-13-16-19-22-25-26-27-28-29-30-31-32-35-38-41-44-47-50-53-60(70)76-63-62(72)61(71)59(54-67)75-65(63)74-55-56(57(68)51-48-45-42-39-36-33-23-20-17-14-11-8-5-2)66-64(73)58(69)52-49-46-43-40-37-34-24-21-18-15-12-9-6-3/h7,10,16,19,25-26,28-29,31-32,37-38,40-41,48,51,56-59,61-63,65,67-69,71-72H,4-6,8-9,11-15,17-18,20-24,27,30,33-36,39,42-47,49-50,52-55H2,1-3H3,(H,66,73)/b10-7-,19-16-,26-25-,29-28-,32-31-,40-37-,41-38-,51-48+. The lowest BCUT2D eigenvalue weighted by Gasteiger charge is -2.41. The van der Waals surface area contributed by atoms with E-state index in [9.17, 15) is 35.1 Å². The Kier molecular flexibility index (Phi) is 48.6. The second-order valence-corrected chi connectivity index (χ2v) is 20.7. The number of rotatable bonds is 50. The number of nitrogens with one attached hydrogen (secondary N) is 1. The highest BCUT2D eigenvalue weighted by molar-refractivity contribution is 5.80. The van der Waals surface area contributed by atoms with Crippen molar-refractivity contribution in [2.24, 2.45) is 0 Å². The second kappa shape index (κ2) is 52.3. The normalized spacial score (nSPS) is 19.8. The molecular formula is C65H111NO10. The molecule has 1 rings (SSSR count). The number of hydrogen-bond acceptors (Lipinski definition) is 10. The van der Waals surface area contributed by atoms with Crippen molar-refractivity contribution in [3.05, 3.63) is 97.2 Å². The van der Waals surface area contributed by atoms with E-state index in [1.165, 1.54) is 96.3 Å². The molecule has 11 nitrogen and oxygen atoms in total. The molecule has 8 atom stereocenters. The summed E-state index contributed by atoms with van der Waals surface area (Å²) in [6.45, 7) is 5.63. The molecule has 0 aromatic heterocycles. The molecule has 0 saturated carbocycles. The number of aliphatic hydroxyl groups is 5. The molecule has 1 amide bonds. The van der Waals surface area contributed by atoms with E-state index in [1.54, 1.807) is 6.08 Å². The quantitative estimate of drug-likeness (QED) is 0.0195. The minimum Gasteiger partial charge on any atom is -0.454 e. The van der Waals surface area contributed by atoms with Crippen molar-refractivity contribution in [2.75, 3.05) is 13.2 Å². The Morgan fingerprint density at radius 3 is 1.43 bits per heavy atom. The van der Waals surface area contributed by atoms with Gasteiger partial charge in [0, 0.05) is 6.42 Å². The number of aliphatic hydroxyl groups excluding tert-OH is 5. The molecule has 0 spiro atoms. The average Bonchev–Trinajstić information content (AvgIpc) is 3.42. The number of allylic oxidation sites excluding steroid dienone is 15. The number of carbonyl (C=O) groups excluding carboxylic acids is 2. The summed E-state index contributed by atoms with van der Waals surface area (Å²) < 4.78 is 17.6. The lowest BCUT2D eigenvalue weighted by atomic mass is 9.99. The van der Waals surface area contributed by atoms with Crippen molar-refractivity contribution in [2.45, 2.75) is 288 Å². The van der Waals surface area contributed by atoms with Gasteiger partial charge in [0.05, 0.1) is 25.4 Å². The summed E-state index contributed by atoms with van der Waals surface area (Å²) >= 11 is 0. The third-order valence-corrected chi connectivity index (χ3v) is 13.7. The Hall–Kier alpha value is -3.42. The zero-order valence-electron chi connectivity index (χ0n) is 48.1. The predicted octanol–water partition coefficient (Wildman–Crippen LogP) is 14.3. The van der Waals surface area contributed by atoms with Gasteiger partial charge in [-0.3, -0.25) is 9.59 Å². The summed E-state index contributed by atoms with van der Waals surface area (Å²) in [6, 6.07) is -1.05. The van der Waals surface area contributed by atoms with Gasteiger partial charge >= 0.3 is 5.97 Å². The van der Waals surface area contributed by atoms with E-state index in [2.05, 4.69) is 111 Å². The van der Waals surface area contributed by atoms with Gasteiger partial charge in [-0.15, -0.1) is 0 Å². The fraction of sp³-hybridized carbons (Fsp3) is 0.723. The van der Waals surface area contributed by atoms with Gasteiger partial charge in [0.15, 0.2) is 12.4 Å². The molecule has 0 aliphatic carbocycles. The number of ether oxygens (including phenoxy) is 3. The average molecular weight is 1070 g/mol. The van der Waals surface area contributed by atoms with Gasteiger partial charge in [0.1, 0.15) is 24.4 Å². The van der Waals surface area contributed by atoms with Gasteiger partial charge < -0.3 is 45.1 Å². The summed E-state index contributed by atoms with van der Waals surface area (Å²) in [5.41, 5.74) is 0. The molecular weight excluding hydrogens is 955 g/mol. The molecule has 1 aliphatic rings. The largest absolute Gasteiger partial charge is 0.454 e. The summed E-state index contributed by atoms with van der Waals surface area (Å²) in [5, 5.41) is 56.9. The maximum Gasteiger partial charge on any atom is 0.306 e. The molecule has 0 bridgehead atoms. The number of esters is 1. The van der Waals surface area contributed by atoms with Crippen LogP contribution in [0.25, 0.3) is 0 Å². The van der Waals surface area contributed by atoms with Gasteiger partial charge in [-0.1, -0.05) is 227 Å². The van der Waals surface area contributed by atoms with E-state index in [0.29, 0.717) is 12.8 Å². The molecule has 0 radical (unpaired) electrons. The summed E-state index contributed by atoms with van der Waals surface area (Å²) in [4.78, 5) is 26.5. The highest BCUT2D eigenvalue weighted by Gasteiger charge is 2.47.